The van der Waals surface area contributed by atoms with Crippen LogP contribution in [0.3, 0.4) is 0 Å². The van der Waals surface area contributed by atoms with Crippen molar-refractivity contribution in [3.8, 4) is 5.75 Å². The van der Waals surface area contributed by atoms with Crippen LogP contribution in [0.15, 0.2) is 59.7 Å². The number of hydrogen-bond acceptors (Lipinski definition) is 4. The van der Waals surface area contributed by atoms with Gasteiger partial charge in [-0.2, -0.15) is 23.3 Å². The van der Waals surface area contributed by atoms with E-state index in [-0.39, 0.29) is 17.1 Å². The van der Waals surface area contributed by atoms with Crippen LogP contribution >= 0.6 is 0 Å². The molecule has 0 aliphatic carbocycles. The van der Waals surface area contributed by atoms with Gasteiger partial charge in [0.15, 0.2) is 0 Å². The third-order valence-electron chi connectivity index (χ3n) is 4.79. The van der Waals surface area contributed by atoms with E-state index in [1.54, 1.807) is 18.2 Å². The number of aliphatic hydroxyl groups is 1. The zero-order valence-electron chi connectivity index (χ0n) is 15.8. The predicted octanol–water partition coefficient (Wildman–Crippen LogP) is 3.91. The van der Waals surface area contributed by atoms with Crippen LogP contribution < -0.4 is 4.74 Å². The minimum Gasteiger partial charge on any atom is -0.496 e. The molecule has 3 rings (SSSR count). The number of nitrogens with zero attached hydrogens (tertiary/aromatic N) is 2. The molecule has 1 heterocycles. The second-order valence-electron chi connectivity index (χ2n) is 6.78. The summed E-state index contributed by atoms with van der Waals surface area (Å²) in [5.41, 5.74) is -2.16. The summed E-state index contributed by atoms with van der Waals surface area (Å²) in [6.07, 6.45) is -5.21. The summed E-state index contributed by atoms with van der Waals surface area (Å²) in [6.45, 7) is 0. The Morgan fingerprint density at radius 3 is 2.48 bits per heavy atom. The van der Waals surface area contributed by atoms with E-state index in [1.165, 1.54) is 13.2 Å². The molecule has 1 amide bonds. The van der Waals surface area contributed by atoms with Crippen LogP contribution in [0.4, 0.5) is 13.2 Å². The Hall–Kier alpha value is -2.87. The predicted molar refractivity (Wildman–Crippen MR) is 101 cm³/mol. The fourth-order valence-corrected chi connectivity index (χ4v) is 3.26. The average molecular weight is 406 g/mol. The van der Waals surface area contributed by atoms with Crippen molar-refractivity contribution in [2.24, 2.45) is 5.10 Å². The van der Waals surface area contributed by atoms with Crippen molar-refractivity contribution in [2.75, 3.05) is 7.11 Å². The second-order valence-corrected chi connectivity index (χ2v) is 6.78. The van der Waals surface area contributed by atoms with Crippen LogP contribution in [0.2, 0.25) is 0 Å². The fraction of sp³-hybridized carbons (Fsp3) is 0.333. The Kier molecular flexibility index (Phi) is 5.93. The first-order chi connectivity index (χ1) is 13.8. The summed E-state index contributed by atoms with van der Waals surface area (Å²) in [4.78, 5) is 12.6. The lowest BCUT2D eigenvalue weighted by atomic mass is 10.00. The molecule has 0 spiro atoms. The maximum absolute atomic E-state index is 13.7. The number of hydrazone groups is 1. The molecule has 0 aromatic heterocycles. The molecule has 1 unspecified atom stereocenters. The van der Waals surface area contributed by atoms with Gasteiger partial charge >= 0.3 is 6.18 Å². The Bertz CT molecular complexity index is 900. The third-order valence-corrected chi connectivity index (χ3v) is 4.79. The second kappa shape index (κ2) is 8.24. The van der Waals surface area contributed by atoms with Crippen molar-refractivity contribution in [2.45, 2.75) is 37.6 Å². The molecule has 1 aliphatic rings. The lowest BCUT2D eigenvalue weighted by Gasteiger charge is -2.32. The van der Waals surface area contributed by atoms with Gasteiger partial charge < -0.3 is 9.84 Å². The minimum absolute atomic E-state index is 0.0568. The van der Waals surface area contributed by atoms with E-state index >= 15 is 0 Å². The van der Waals surface area contributed by atoms with E-state index in [9.17, 15) is 23.1 Å². The fourth-order valence-electron chi connectivity index (χ4n) is 3.26. The van der Waals surface area contributed by atoms with Gasteiger partial charge in [-0.3, -0.25) is 4.79 Å². The lowest BCUT2D eigenvalue weighted by Crippen LogP contribution is -2.56. The molecular formula is C21H21F3N2O3. The number of carbonyl (C=O) groups is 1. The highest BCUT2D eigenvalue weighted by Gasteiger charge is 2.63. The first-order valence-electron chi connectivity index (χ1n) is 9.13. The van der Waals surface area contributed by atoms with Crippen LogP contribution in [0, 0.1) is 0 Å². The molecule has 0 bridgehead atoms. The molecule has 0 fully saturated rings. The van der Waals surface area contributed by atoms with Crippen molar-refractivity contribution in [3.05, 3.63) is 65.7 Å². The standard InChI is InChI=1S/C21H21F3N2O3/c1-29-18-12-6-5-11-16(18)17-14-20(28,21(22,23)24)26(25-17)19(27)13-7-10-15-8-3-2-4-9-15/h2-6,8-9,11-12,28H,7,10,13-14H2,1H3. The van der Waals surface area contributed by atoms with E-state index < -0.39 is 24.2 Å². The molecule has 1 atom stereocenters. The number of hydrogen-bond donors (Lipinski definition) is 1. The molecule has 0 saturated carbocycles. The van der Waals surface area contributed by atoms with Gasteiger partial charge in [-0.05, 0) is 30.5 Å². The summed E-state index contributed by atoms with van der Waals surface area (Å²) in [5, 5.41) is 14.4. The van der Waals surface area contributed by atoms with Crippen molar-refractivity contribution in [3.63, 3.8) is 0 Å². The summed E-state index contributed by atoms with van der Waals surface area (Å²) in [7, 11) is 1.39. The van der Waals surface area contributed by atoms with Crippen LogP contribution in [0.1, 0.15) is 30.4 Å². The molecule has 1 N–H and O–H groups in total. The molecule has 0 saturated heterocycles. The number of rotatable bonds is 6. The SMILES string of the molecule is COc1ccccc1C1=NN(C(=O)CCCc2ccccc2)C(O)(C(F)(F)F)C1. The van der Waals surface area contributed by atoms with Crippen LogP contribution in [0.5, 0.6) is 5.75 Å². The zero-order valence-corrected chi connectivity index (χ0v) is 15.8. The number of halogens is 3. The highest BCUT2D eigenvalue weighted by atomic mass is 19.4. The number of para-hydroxylation sites is 1. The highest BCUT2D eigenvalue weighted by molar-refractivity contribution is 6.05. The molecule has 2 aromatic rings. The number of alkyl halides is 3. The smallest absolute Gasteiger partial charge is 0.438 e. The van der Waals surface area contributed by atoms with Crippen molar-refractivity contribution >= 4 is 11.6 Å². The molecule has 2 aromatic carbocycles. The van der Waals surface area contributed by atoms with Gasteiger partial charge in [-0.1, -0.05) is 42.5 Å². The Morgan fingerprint density at radius 1 is 1.17 bits per heavy atom. The number of methoxy groups -OCH3 is 1. The number of ether oxygens (including phenoxy) is 1. The molecule has 0 radical (unpaired) electrons. The minimum atomic E-state index is -5.06. The maximum atomic E-state index is 13.7. The van der Waals surface area contributed by atoms with Gasteiger partial charge in [-0.15, -0.1) is 0 Å². The number of carbonyl (C=O) groups excluding carboxylic acids is 1. The summed E-state index contributed by atoms with van der Waals surface area (Å²) >= 11 is 0. The highest BCUT2D eigenvalue weighted by Crippen LogP contribution is 2.42. The first-order valence-corrected chi connectivity index (χ1v) is 9.13. The van der Waals surface area contributed by atoms with Gasteiger partial charge in [0, 0.05) is 12.0 Å². The normalized spacial score (nSPS) is 19.2. The quantitative estimate of drug-likeness (QED) is 0.791. The number of amides is 1. The summed E-state index contributed by atoms with van der Waals surface area (Å²) < 4.78 is 46.2. The Labute approximate surface area is 166 Å². The van der Waals surface area contributed by atoms with E-state index in [0.29, 0.717) is 24.2 Å². The van der Waals surface area contributed by atoms with Crippen molar-refractivity contribution in [1.29, 1.82) is 0 Å². The van der Waals surface area contributed by atoms with Gasteiger partial charge in [0.2, 0.25) is 5.91 Å². The van der Waals surface area contributed by atoms with Gasteiger partial charge in [0.1, 0.15) is 5.75 Å². The molecule has 154 valence electrons. The van der Waals surface area contributed by atoms with E-state index in [1.807, 2.05) is 30.3 Å². The van der Waals surface area contributed by atoms with Crippen LogP contribution in [0.25, 0.3) is 0 Å². The first kappa shape index (κ1) is 20.9. The van der Waals surface area contributed by atoms with Crippen LogP contribution in [-0.4, -0.2) is 40.7 Å². The van der Waals surface area contributed by atoms with Crippen molar-refractivity contribution < 1.29 is 27.8 Å². The van der Waals surface area contributed by atoms with Gasteiger partial charge in [0.05, 0.1) is 19.2 Å². The summed E-state index contributed by atoms with van der Waals surface area (Å²) in [5.74, 6) is -0.570. The van der Waals surface area contributed by atoms with E-state index in [0.717, 1.165) is 5.56 Å². The Morgan fingerprint density at radius 2 is 1.83 bits per heavy atom. The Balaban J connectivity index is 1.82. The van der Waals surface area contributed by atoms with Crippen molar-refractivity contribution in [1.82, 2.24) is 5.01 Å². The van der Waals surface area contributed by atoms with E-state index in [2.05, 4.69) is 5.10 Å². The van der Waals surface area contributed by atoms with E-state index in [4.69, 9.17) is 4.74 Å². The molecule has 8 heteroatoms. The largest absolute Gasteiger partial charge is 0.496 e. The lowest BCUT2D eigenvalue weighted by molar-refractivity contribution is -0.302. The average Bonchev–Trinajstić information content (AvgIpc) is 3.07. The van der Waals surface area contributed by atoms with Gasteiger partial charge in [-0.25, -0.2) is 0 Å². The molecular weight excluding hydrogens is 385 g/mol. The zero-order chi connectivity index (χ0) is 21.1. The number of benzene rings is 2. The van der Waals surface area contributed by atoms with Gasteiger partial charge in [0.25, 0.3) is 5.72 Å². The molecule has 29 heavy (non-hydrogen) atoms. The maximum Gasteiger partial charge on any atom is 0.438 e. The molecule has 1 aliphatic heterocycles. The number of aryl methyl sites for hydroxylation is 1. The third kappa shape index (κ3) is 4.27. The molecule has 5 nitrogen and oxygen atoms in total. The topological polar surface area (TPSA) is 62.1 Å². The van der Waals surface area contributed by atoms with Crippen LogP contribution in [-0.2, 0) is 11.2 Å². The monoisotopic (exact) mass is 406 g/mol. The summed E-state index contributed by atoms with van der Waals surface area (Å²) in [6, 6.07) is 15.7.